The zero-order valence-corrected chi connectivity index (χ0v) is 13.2. The van der Waals surface area contributed by atoms with E-state index in [2.05, 4.69) is 26.6 Å². The van der Waals surface area contributed by atoms with E-state index in [1.807, 2.05) is 18.2 Å². The normalized spacial score (nSPS) is 16.3. The fraction of sp³-hybridized carbons (Fsp3) is 0.462. The van der Waals surface area contributed by atoms with E-state index in [1.165, 1.54) is 32.1 Å². The summed E-state index contributed by atoms with van der Waals surface area (Å²) in [4.78, 5) is 0. The van der Waals surface area contributed by atoms with Crippen molar-refractivity contribution >= 4 is 50.5 Å². The van der Waals surface area contributed by atoms with Gasteiger partial charge in [0.15, 0.2) is 5.11 Å². The van der Waals surface area contributed by atoms with E-state index in [1.54, 1.807) is 0 Å². The zero-order chi connectivity index (χ0) is 13.0. The van der Waals surface area contributed by atoms with Crippen molar-refractivity contribution in [1.29, 1.82) is 0 Å². The molecule has 1 fully saturated rings. The number of nitrogens with one attached hydrogen (secondary N) is 2. The first-order valence-electron chi connectivity index (χ1n) is 6.18. The molecule has 1 aliphatic carbocycles. The fourth-order valence-electron chi connectivity index (χ4n) is 2.17. The smallest absolute Gasteiger partial charge is 0.170 e. The van der Waals surface area contributed by atoms with E-state index in [-0.39, 0.29) is 0 Å². The van der Waals surface area contributed by atoms with E-state index in [0.29, 0.717) is 16.2 Å². The quantitative estimate of drug-likeness (QED) is 0.757. The van der Waals surface area contributed by atoms with Crippen molar-refractivity contribution in [2.24, 2.45) is 0 Å². The van der Waals surface area contributed by atoms with Crippen LogP contribution in [0, 0.1) is 0 Å². The van der Waals surface area contributed by atoms with Crippen molar-refractivity contribution in [3.05, 3.63) is 27.7 Å². The molecule has 0 aliphatic heterocycles. The number of benzene rings is 1. The zero-order valence-electron chi connectivity index (χ0n) is 10.0. The second-order valence-corrected chi connectivity index (χ2v) is 6.23. The number of hydrogen-bond acceptors (Lipinski definition) is 1. The SMILES string of the molecule is S=C(Nc1ccc(Br)c(Cl)c1)NC1CCCCC1. The number of anilines is 1. The van der Waals surface area contributed by atoms with Gasteiger partial charge in [-0.25, -0.2) is 0 Å². The van der Waals surface area contributed by atoms with Gasteiger partial charge < -0.3 is 10.6 Å². The second-order valence-electron chi connectivity index (χ2n) is 4.56. The predicted octanol–water partition coefficient (Wildman–Crippen LogP) is 4.72. The Balaban J connectivity index is 1.88. The van der Waals surface area contributed by atoms with Crippen molar-refractivity contribution in [2.45, 2.75) is 38.1 Å². The van der Waals surface area contributed by atoms with Crippen LogP contribution in [0.15, 0.2) is 22.7 Å². The highest BCUT2D eigenvalue weighted by molar-refractivity contribution is 9.10. The summed E-state index contributed by atoms with van der Waals surface area (Å²) in [5, 5.41) is 7.90. The highest BCUT2D eigenvalue weighted by Gasteiger charge is 2.13. The Bertz CT molecular complexity index is 433. The average molecular weight is 348 g/mol. The molecule has 0 radical (unpaired) electrons. The van der Waals surface area contributed by atoms with Gasteiger partial charge in [-0.3, -0.25) is 0 Å². The van der Waals surface area contributed by atoms with Gasteiger partial charge in [-0.15, -0.1) is 0 Å². The van der Waals surface area contributed by atoms with Gasteiger partial charge in [-0.2, -0.15) is 0 Å². The molecular formula is C13H16BrClN2S. The maximum absolute atomic E-state index is 6.04. The molecule has 0 amide bonds. The standard InChI is InChI=1S/C13H16BrClN2S/c14-11-7-6-10(8-12(11)15)17-13(18)16-9-4-2-1-3-5-9/h6-9H,1-5H2,(H2,16,17,18). The van der Waals surface area contributed by atoms with Crippen LogP contribution in [0.2, 0.25) is 5.02 Å². The summed E-state index contributed by atoms with van der Waals surface area (Å²) >= 11 is 14.7. The van der Waals surface area contributed by atoms with Crippen LogP contribution in [0.5, 0.6) is 0 Å². The lowest BCUT2D eigenvalue weighted by molar-refractivity contribution is 0.415. The number of hydrogen-bond donors (Lipinski definition) is 2. The lowest BCUT2D eigenvalue weighted by atomic mass is 9.96. The maximum atomic E-state index is 6.04. The molecule has 1 aromatic rings. The van der Waals surface area contributed by atoms with Gasteiger partial charge in [0, 0.05) is 16.2 Å². The molecule has 0 aromatic heterocycles. The Morgan fingerprint density at radius 1 is 1.28 bits per heavy atom. The van der Waals surface area contributed by atoms with Crippen LogP contribution in [0.25, 0.3) is 0 Å². The van der Waals surface area contributed by atoms with Crippen LogP contribution >= 0.6 is 39.7 Å². The molecule has 0 unspecified atom stereocenters. The third-order valence-corrected chi connectivity index (χ3v) is 4.57. The summed E-state index contributed by atoms with van der Waals surface area (Å²) in [6.45, 7) is 0. The molecular weight excluding hydrogens is 332 g/mol. The molecule has 1 saturated carbocycles. The predicted molar refractivity (Wildman–Crippen MR) is 85.4 cm³/mol. The summed E-state index contributed by atoms with van der Waals surface area (Å²) in [7, 11) is 0. The molecule has 1 aliphatic rings. The molecule has 5 heteroatoms. The van der Waals surface area contributed by atoms with Gasteiger partial charge >= 0.3 is 0 Å². The Hall–Kier alpha value is -0.320. The van der Waals surface area contributed by atoms with Gasteiger partial charge in [0.1, 0.15) is 0 Å². The highest BCUT2D eigenvalue weighted by atomic mass is 79.9. The summed E-state index contributed by atoms with van der Waals surface area (Å²) < 4.78 is 0.890. The highest BCUT2D eigenvalue weighted by Crippen LogP contribution is 2.25. The van der Waals surface area contributed by atoms with E-state index in [9.17, 15) is 0 Å². The topological polar surface area (TPSA) is 24.1 Å². The molecule has 0 bridgehead atoms. The Morgan fingerprint density at radius 3 is 2.67 bits per heavy atom. The van der Waals surface area contributed by atoms with Crippen LogP contribution in [0.4, 0.5) is 5.69 Å². The van der Waals surface area contributed by atoms with E-state index in [4.69, 9.17) is 23.8 Å². The summed E-state index contributed by atoms with van der Waals surface area (Å²) in [5.41, 5.74) is 0.913. The van der Waals surface area contributed by atoms with Gasteiger partial charge in [-0.05, 0) is 59.2 Å². The molecule has 2 N–H and O–H groups in total. The molecule has 0 spiro atoms. The lowest BCUT2D eigenvalue weighted by Crippen LogP contribution is -2.38. The van der Waals surface area contributed by atoms with Gasteiger partial charge in [-0.1, -0.05) is 30.9 Å². The van der Waals surface area contributed by atoms with Crippen molar-refractivity contribution in [3.8, 4) is 0 Å². The summed E-state index contributed by atoms with van der Waals surface area (Å²) in [6.07, 6.45) is 6.36. The molecule has 0 heterocycles. The van der Waals surface area contributed by atoms with E-state index < -0.39 is 0 Å². The Kier molecular flexibility index (Phi) is 5.27. The molecule has 0 atom stereocenters. The third kappa shape index (κ3) is 4.11. The minimum atomic E-state index is 0.518. The van der Waals surface area contributed by atoms with Gasteiger partial charge in [0.05, 0.1) is 5.02 Å². The van der Waals surface area contributed by atoms with E-state index in [0.717, 1.165) is 10.2 Å². The van der Waals surface area contributed by atoms with Crippen molar-refractivity contribution in [2.75, 3.05) is 5.32 Å². The average Bonchev–Trinajstić information content (AvgIpc) is 2.35. The molecule has 18 heavy (non-hydrogen) atoms. The second kappa shape index (κ2) is 6.73. The molecule has 1 aromatic carbocycles. The van der Waals surface area contributed by atoms with E-state index >= 15 is 0 Å². The van der Waals surface area contributed by atoms with Gasteiger partial charge in [0.25, 0.3) is 0 Å². The first-order chi connectivity index (χ1) is 8.65. The van der Waals surface area contributed by atoms with Crippen LogP contribution in [0.1, 0.15) is 32.1 Å². The van der Waals surface area contributed by atoms with Crippen molar-refractivity contribution in [1.82, 2.24) is 5.32 Å². The Labute approximate surface area is 127 Å². The Morgan fingerprint density at radius 2 is 2.00 bits per heavy atom. The van der Waals surface area contributed by atoms with Crippen LogP contribution in [0.3, 0.4) is 0 Å². The van der Waals surface area contributed by atoms with Crippen molar-refractivity contribution in [3.63, 3.8) is 0 Å². The molecule has 98 valence electrons. The van der Waals surface area contributed by atoms with Crippen LogP contribution in [-0.2, 0) is 0 Å². The third-order valence-electron chi connectivity index (χ3n) is 3.12. The summed E-state index contributed by atoms with van der Waals surface area (Å²) in [6, 6.07) is 6.24. The first kappa shape index (κ1) is 14.1. The fourth-order valence-corrected chi connectivity index (χ4v) is 2.89. The molecule has 2 rings (SSSR count). The maximum Gasteiger partial charge on any atom is 0.170 e. The lowest BCUT2D eigenvalue weighted by Gasteiger charge is -2.24. The molecule has 0 saturated heterocycles. The minimum Gasteiger partial charge on any atom is -0.360 e. The van der Waals surface area contributed by atoms with Crippen LogP contribution in [-0.4, -0.2) is 11.2 Å². The minimum absolute atomic E-state index is 0.518. The number of halogens is 2. The van der Waals surface area contributed by atoms with Crippen molar-refractivity contribution < 1.29 is 0 Å². The molecule has 2 nitrogen and oxygen atoms in total. The van der Waals surface area contributed by atoms with Crippen LogP contribution < -0.4 is 10.6 Å². The first-order valence-corrected chi connectivity index (χ1v) is 7.75. The van der Waals surface area contributed by atoms with Gasteiger partial charge in [0.2, 0.25) is 0 Å². The largest absolute Gasteiger partial charge is 0.360 e. The number of thiocarbonyl (C=S) groups is 1. The summed E-state index contributed by atoms with van der Waals surface area (Å²) in [5.74, 6) is 0. The monoisotopic (exact) mass is 346 g/mol. The number of rotatable bonds is 2.